The molecule has 4 aliphatic rings. The smallest absolute Gasteiger partial charge is 0.306 e. The van der Waals surface area contributed by atoms with Crippen LogP contribution in [-0.2, 0) is 23.9 Å². The van der Waals surface area contributed by atoms with Gasteiger partial charge in [0.05, 0.1) is 12.2 Å². The van der Waals surface area contributed by atoms with Crippen molar-refractivity contribution in [1.82, 2.24) is 0 Å². The Morgan fingerprint density at radius 2 is 1.69 bits per heavy atom. The zero-order chi connectivity index (χ0) is 26.8. The number of carbonyl (C=O) groups is 3. The number of aliphatic hydroxyl groups excluding tert-OH is 1. The highest BCUT2D eigenvalue weighted by Crippen LogP contribution is 2.77. The summed E-state index contributed by atoms with van der Waals surface area (Å²) in [7, 11) is 0. The Balaban J connectivity index is 1.92. The summed E-state index contributed by atoms with van der Waals surface area (Å²) in [6.07, 6.45) is 3.85. The minimum Gasteiger partial charge on any atom is -0.458 e. The molecule has 8 heteroatoms. The van der Waals surface area contributed by atoms with Gasteiger partial charge in [-0.05, 0) is 30.9 Å². The zero-order valence-corrected chi connectivity index (χ0v) is 22.2. The van der Waals surface area contributed by atoms with E-state index in [9.17, 15) is 29.7 Å². The van der Waals surface area contributed by atoms with Crippen molar-refractivity contribution < 1.29 is 39.2 Å². The summed E-state index contributed by atoms with van der Waals surface area (Å²) in [6, 6.07) is 0. The lowest BCUT2D eigenvalue weighted by molar-refractivity contribution is -0.229. The monoisotopic (exact) mass is 504 g/mol. The molecular weight excluding hydrogens is 464 g/mol. The summed E-state index contributed by atoms with van der Waals surface area (Å²) >= 11 is 0. The number of Topliss-reactive ketones (excluding diaryl/α,β-unsaturated/α-hetero) is 1. The van der Waals surface area contributed by atoms with Gasteiger partial charge in [0.2, 0.25) is 0 Å². The lowest BCUT2D eigenvalue weighted by atomic mass is 9.59. The molecule has 200 valence electrons. The van der Waals surface area contributed by atoms with Crippen LogP contribution in [0.5, 0.6) is 0 Å². The first-order valence-electron chi connectivity index (χ1n) is 13.2. The lowest BCUT2D eigenvalue weighted by Gasteiger charge is -2.53. The molecule has 0 radical (unpaired) electrons. The number of esters is 2. The van der Waals surface area contributed by atoms with Crippen molar-refractivity contribution in [3.63, 3.8) is 0 Å². The fourth-order valence-corrected chi connectivity index (χ4v) is 7.67. The van der Waals surface area contributed by atoms with Gasteiger partial charge in [0.25, 0.3) is 0 Å². The van der Waals surface area contributed by atoms with Crippen molar-refractivity contribution in [2.24, 2.45) is 29.1 Å². The topological polar surface area (TPSA) is 130 Å². The summed E-state index contributed by atoms with van der Waals surface area (Å²) in [5.74, 6) is -4.22. The van der Waals surface area contributed by atoms with Crippen LogP contribution in [0.25, 0.3) is 0 Å². The maximum atomic E-state index is 13.2. The van der Waals surface area contributed by atoms with E-state index in [1.165, 1.54) is 0 Å². The van der Waals surface area contributed by atoms with E-state index in [0.717, 1.165) is 0 Å². The Bertz CT molecular complexity index is 1030. The van der Waals surface area contributed by atoms with Crippen molar-refractivity contribution in [2.75, 3.05) is 6.61 Å². The van der Waals surface area contributed by atoms with Crippen molar-refractivity contribution >= 4 is 17.7 Å². The molecule has 3 N–H and O–H groups in total. The van der Waals surface area contributed by atoms with E-state index in [1.54, 1.807) is 26.0 Å². The second kappa shape index (κ2) is 8.77. The van der Waals surface area contributed by atoms with E-state index in [1.807, 2.05) is 27.7 Å². The predicted molar refractivity (Wildman–Crippen MR) is 130 cm³/mol. The second-order valence-corrected chi connectivity index (χ2v) is 11.8. The van der Waals surface area contributed by atoms with Gasteiger partial charge in [-0.2, -0.15) is 0 Å². The summed E-state index contributed by atoms with van der Waals surface area (Å²) in [4.78, 5) is 38.8. The molecule has 0 unspecified atom stereocenters. The molecule has 2 saturated carbocycles. The first kappa shape index (κ1) is 27.0. The number of ketones is 1. The molecule has 0 saturated heterocycles. The largest absolute Gasteiger partial charge is 0.458 e. The predicted octanol–water partition coefficient (Wildman–Crippen LogP) is 2.63. The maximum absolute atomic E-state index is 13.2. The molecule has 4 aliphatic carbocycles. The molecule has 0 aromatic rings. The SMILES string of the molecule is CCCC(=O)O[C@@H]1[C@H](C)[C@@]2(O)[C@@H](C=C(CO)C[C@]3(O)C(=O)C(C)=C[C@@H]23)[C@H]2C(C)(C)[C@@]12OC(=O)CCC. The molecule has 2 fully saturated rings. The lowest BCUT2D eigenvalue weighted by Crippen LogP contribution is -2.66. The molecule has 8 nitrogen and oxygen atoms in total. The molecule has 0 amide bonds. The van der Waals surface area contributed by atoms with Gasteiger partial charge in [0.1, 0.15) is 11.7 Å². The van der Waals surface area contributed by atoms with Crippen molar-refractivity contribution in [3.8, 4) is 0 Å². The summed E-state index contributed by atoms with van der Waals surface area (Å²) in [5, 5.41) is 34.5. The number of ether oxygens (including phenoxy) is 2. The van der Waals surface area contributed by atoms with Gasteiger partial charge in [-0.15, -0.1) is 0 Å². The van der Waals surface area contributed by atoms with Crippen LogP contribution in [0.1, 0.15) is 73.6 Å². The first-order chi connectivity index (χ1) is 16.8. The first-order valence-corrected chi connectivity index (χ1v) is 13.2. The third-order valence-corrected chi connectivity index (χ3v) is 9.41. The van der Waals surface area contributed by atoms with Crippen LogP contribution >= 0.6 is 0 Å². The number of fused-ring (bicyclic) bond motifs is 5. The van der Waals surface area contributed by atoms with Crippen molar-refractivity contribution in [2.45, 2.75) is 96.6 Å². The van der Waals surface area contributed by atoms with Crippen LogP contribution in [0.3, 0.4) is 0 Å². The van der Waals surface area contributed by atoms with Gasteiger partial charge in [-0.3, -0.25) is 14.4 Å². The highest BCUT2D eigenvalue weighted by molar-refractivity contribution is 6.04. The van der Waals surface area contributed by atoms with Crippen LogP contribution in [0.4, 0.5) is 0 Å². The van der Waals surface area contributed by atoms with E-state index in [0.29, 0.717) is 24.0 Å². The Hall–Kier alpha value is -2.03. The van der Waals surface area contributed by atoms with Gasteiger partial charge in [-0.1, -0.05) is 46.8 Å². The standard InChI is InChI=1S/C28H40O8/c1-7-9-20(30)35-24-16(4)27(34)18(22-25(5,6)28(22,24)36-21(31)10-8-2)12-17(14-29)13-26(33)19(27)11-15(3)23(26)32/h11-12,16,18-19,22,24,29,33-34H,7-10,13-14H2,1-6H3/t16-,18-,19+,22-,24+,26+,27+,28-/m0/s1. The van der Waals surface area contributed by atoms with E-state index < -0.39 is 69.7 Å². The Kier molecular flexibility index (Phi) is 6.59. The molecule has 8 atom stereocenters. The quantitative estimate of drug-likeness (QED) is 0.356. The maximum Gasteiger partial charge on any atom is 0.306 e. The van der Waals surface area contributed by atoms with Crippen molar-refractivity contribution in [3.05, 3.63) is 23.3 Å². The van der Waals surface area contributed by atoms with Crippen LogP contribution < -0.4 is 0 Å². The van der Waals surface area contributed by atoms with Crippen LogP contribution in [0, 0.1) is 29.1 Å². The molecule has 4 rings (SSSR count). The van der Waals surface area contributed by atoms with Gasteiger partial charge in [0.15, 0.2) is 11.4 Å². The van der Waals surface area contributed by atoms with Crippen LogP contribution in [0.15, 0.2) is 23.3 Å². The molecule has 0 aliphatic heterocycles. The molecule has 0 aromatic heterocycles. The van der Waals surface area contributed by atoms with Crippen molar-refractivity contribution in [1.29, 1.82) is 0 Å². The fraction of sp³-hybridized carbons (Fsp3) is 0.750. The number of hydrogen-bond acceptors (Lipinski definition) is 8. The Morgan fingerprint density at radius 3 is 2.28 bits per heavy atom. The second-order valence-electron chi connectivity index (χ2n) is 11.8. The van der Waals surface area contributed by atoms with Crippen LogP contribution in [-0.4, -0.2) is 62.6 Å². The van der Waals surface area contributed by atoms with Crippen LogP contribution in [0.2, 0.25) is 0 Å². The molecule has 0 spiro atoms. The van der Waals surface area contributed by atoms with Gasteiger partial charge in [0, 0.05) is 48.3 Å². The number of carbonyl (C=O) groups excluding carboxylic acids is 3. The summed E-state index contributed by atoms with van der Waals surface area (Å²) < 4.78 is 12.2. The normalized spacial score (nSPS) is 42.2. The average Bonchev–Trinajstić information content (AvgIpc) is 3.23. The van der Waals surface area contributed by atoms with E-state index >= 15 is 0 Å². The number of hydrogen-bond donors (Lipinski definition) is 3. The molecule has 36 heavy (non-hydrogen) atoms. The van der Waals surface area contributed by atoms with Gasteiger partial charge in [-0.25, -0.2) is 0 Å². The average molecular weight is 505 g/mol. The Morgan fingerprint density at radius 1 is 1.08 bits per heavy atom. The highest BCUT2D eigenvalue weighted by atomic mass is 16.6. The van der Waals surface area contributed by atoms with E-state index in [4.69, 9.17) is 9.47 Å². The molecule has 0 bridgehead atoms. The minimum absolute atomic E-state index is 0.109. The zero-order valence-electron chi connectivity index (χ0n) is 22.2. The molecule has 0 aromatic carbocycles. The van der Waals surface area contributed by atoms with Gasteiger partial charge < -0.3 is 24.8 Å². The third-order valence-electron chi connectivity index (χ3n) is 9.41. The number of aliphatic hydroxyl groups is 3. The Labute approximate surface area is 212 Å². The fourth-order valence-electron chi connectivity index (χ4n) is 7.67. The number of rotatable bonds is 7. The van der Waals surface area contributed by atoms with Gasteiger partial charge >= 0.3 is 11.9 Å². The molecule has 0 heterocycles. The minimum atomic E-state index is -1.92. The molecular formula is C28H40O8. The third kappa shape index (κ3) is 3.40. The highest BCUT2D eigenvalue weighted by Gasteiger charge is 2.87. The van der Waals surface area contributed by atoms with E-state index in [-0.39, 0.29) is 25.9 Å². The summed E-state index contributed by atoms with van der Waals surface area (Å²) in [6.45, 7) is 10.6. The van der Waals surface area contributed by atoms with E-state index in [2.05, 4.69) is 0 Å². The summed E-state index contributed by atoms with van der Waals surface area (Å²) in [5.41, 5.74) is -4.69.